The molecule has 0 aliphatic heterocycles. The third-order valence-corrected chi connectivity index (χ3v) is 4.85. The fourth-order valence-corrected chi connectivity index (χ4v) is 3.41. The van der Waals surface area contributed by atoms with Crippen molar-refractivity contribution >= 4 is 29.1 Å². The average molecular weight is 379 g/mol. The van der Waals surface area contributed by atoms with Gasteiger partial charge >= 0.3 is 0 Å². The van der Waals surface area contributed by atoms with E-state index in [1.807, 2.05) is 60.7 Å². The van der Waals surface area contributed by atoms with Gasteiger partial charge in [0.25, 0.3) is 11.8 Å². The number of rotatable bonds is 7. The van der Waals surface area contributed by atoms with Crippen molar-refractivity contribution in [3.05, 3.63) is 78.0 Å². The second-order valence-corrected chi connectivity index (χ2v) is 6.68. The summed E-state index contributed by atoms with van der Waals surface area (Å²) in [6, 6.07) is 17.4. The van der Waals surface area contributed by atoms with Crippen LogP contribution in [-0.2, 0) is 16.0 Å². The number of nitrogens with two attached hydrogens (primary N) is 1. The molecule has 3 N–H and O–H groups in total. The van der Waals surface area contributed by atoms with Gasteiger partial charge < -0.3 is 11.1 Å². The van der Waals surface area contributed by atoms with Crippen LogP contribution in [0, 0.1) is 0 Å². The zero-order valence-electron chi connectivity index (χ0n) is 14.3. The lowest BCUT2D eigenvalue weighted by Gasteiger charge is -2.16. The van der Waals surface area contributed by atoms with Crippen LogP contribution in [-0.4, -0.2) is 28.0 Å². The van der Waals surface area contributed by atoms with Gasteiger partial charge in [-0.2, -0.15) is 4.37 Å². The fraction of sp³-hybridized carbons (Fsp3) is 0.100. The summed E-state index contributed by atoms with van der Waals surface area (Å²) in [4.78, 5) is 37.1. The van der Waals surface area contributed by atoms with E-state index >= 15 is 0 Å². The highest BCUT2D eigenvalue weighted by molar-refractivity contribution is 7.10. The number of hydrogen-bond acceptors (Lipinski definition) is 5. The molecule has 0 aliphatic carbocycles. The van der Waals surface area contributed by atoms with Crippen LogP contribution in [0.3, 0.4) is 0 Å². The summed E-state index contributed by atoms with van der Waals surface area (Å²) in [6.07, 6.45) is 1.63. The molecule has 27 heavy (non-hydrogen) atoms. The molecule has 0 saturated heterocycles. The van der Waals surface area contributed by atoms with Gasteiger partial charge in [0.15, 0.2) is 0 Å². The minimum atomic E-state index is -1.08. The number of aromatic nitrogens is 1. The molecule has 2 amide bonds. The first kappa shape index (κ1) is 18.5. The molecule has 0 bridgehead atoms. The first-order valence-corrected chi connectivity index (χ1v) is 9.02. The van der Waals surface area contributed by atoms with Gasteiger partial charge in [0.05, 0.1) is 16.6 Å². The molecule has 3 rings (SSSR count). The van der Waals surface area contributed by atoms with E-state index < -0.39 is 23.6 Å². The van der Waals surface area contributed by atoms with Crippen LogP contribution < -0.4 is 11.1 Å². The number of Topliss-reactive ketones (excluding diaryl/α,β-unsaturated/α-hetero) is 1. The highest BCUT2D eigenvalue weighted by Gasteiger charge is 2.27. The third-order valence-electron chi connectivity index (χ3n) is 4.00. The van der Waals surface area contributed by atoms with Crippen molar-refractivity contribution in [1.29, 1.82) is 0 Å². The number of ketones is 1. The summed E-state index contributed by atoms with van der Waals surface area (Å²) < 4.78 is 4.10. The zero-order valence-corrected chi connectivity index (χ0v) is 15.1. The summed E-state index contributed by atoms with van der Waals surface area (Å²) in [5.74, 6) is -2.39. The lowest BCUT2D eigenvalue weighted by molar-refractivity contribution is -0.137. The molecule has 0 saturated carbocycles. The van der Waals surface area contributed by atoms with E-state index in [4.69, 9.17) is 5.73 Å². The molecule has 1 aromatic heterocycles. The van der Waals surface area contributed by atoms with E-state index in [1.165, 1.54) is 17.7 Å². The number of primary amides is 1. The molecule has 0 radical (unpaired) electrons. The Morgan fingerprint density at radius 1 is 1.00 bits per heavy atom. The number of carbonyl (C=O) groups is 3. The van der Waals surface area contributed by atoms with E-state index in [2.05, 4.69) is 9.69 Å². The highest BCUT2D eigenvalue weighted by Crippen LogP contribution is 2.27. The molecular weight excluding hydrogens is 362 g/mol. The van der Waals surface area contributed by atoms with Crippen molar-refractivity contribution in [3.8, 4) is 10.4 Å². The molecule has 3 aromatic rings. The minimum Gasteiger partial charge on any atom is -0.363 e. The van der Waals surface area contributed by atoms with Gasteiger partial charge in [0.1, 0.15) is 6.04 Å². The van der Waals surface area contributed by atoms with Crippen LogP contribution in [0.5, 0.6) is 0 Å². The largest absolute Gasteiger partial charge is 0.363 e. The van der Waals surface area contributed by atoms with E-state index in [0.717, 1.165) is 11.1 Å². The quantitative estimate of drug-likeness (QED) is 0.614. The van der Waals surface area contributed by atoms with Gasteiger partial charge in [-0.25, -0.2) is 0 Å². The number of carbonyl (C=O) groups excluding carboxylic acids is 3. The van der Waals surface area contributed by atoms with Gasteiger partial charge in [-0.15, -0.1) is 0 Å². The standard InChI is InChI=1S/C20H17N3O3S/c21-19(25)17(24)16(11-13-7-3-1-4-8-13)23-20(26)15-12-22-27-18(15)14-9-5-2-6-10-14/h1-10,12,16H,11H2,(H2,21,25)(H,23,26). The van der Waals surface area contributed by atoms with Gasteiger partial charge in [-0.1, -0.05) is 60.7 Å². The highest BCUT2D eigenvalue weighted by atomic mass is 32.1. The summed E-state index contributed by atoms with van der Waals surface area (Å²) in [7, 11) is 0. The molecule has 6 nitrogen and oxygen atoms in total. The second-order valence-electron chi connectivity index (χ2n) is 5.88. The fourth-order valence-electron chi connectivity index (χ4n) is 2.67. The van der Waals surface area contributed by atoms with E-state index in [0.29, 0.717) is 10.4 Å². The van der Waals surface area contributed by atoms with Crippen molar-refractivity contribution in [2.75, 3.05) is 0 Å². The summed E-state index contributed by atoms with van der Waals surface area (Å²) in [5, 5.41) is 2.64. The maximum atomic E-state index is 12.8. The van der Waals surface area contributed by atoms with E-state index in [9.17, 15) is 14.4 Å². The number of hydrogen-bond donors (Lipinski definition) is 2. The van der Waals surface area contributed by atoms with Crippen LogP contribution in [0.2, 0.25) is 0 Å². The molecule has 1 heterocycles. The number of nitrogens with zero attached hydrogens (tertiary/aromatic N) is 1. The summed E-state index contributed by atoms with van der Waals surface area (Å²) in [5.41, 5.74) is 7.17. The van der Waals surface area contributed by atoms with E-state index in [-0.39, 0.29) is 6.42 Å². The van der Waals surface area contributed by atoms with Gasteiger partial charge in [-0.3, -0.25) is 14.4 Å². The first-order chi connectivity index (χ1) is 13.1. The Labute approximate surface area is 160 Å². The summed E-state index contributed by atoms with van der Waals surface area (Å²) in [6.45, 7) is 0. The summed E-state index contributed by atoms with van der Waals surface area (Å²) >= 11 is 1.19. The molecule has 7 heteroatoms. The van der Waals surface area contributed by atoms with Gasteiger partial charge in [0.2, 0.25) is 5.78 Å². The molecule has 136 valence electrons. The zero-order chi connectivity index (χ0) is 19.2. The Hall–Kier alpha value is -3.32. The topological polar surface area (TPSA) is 102 Å². The van der Waals surface area contributed by atoms with Crippen molar-refractivity contribution < 1.29 is 14.4 Å². The third kappa shape index (κ3) is 4.45. The molecule has 1 atom stereocenters. The van der Waals surface area contributed by atoms with Crippen LogP contribution >= 0.6 is 11.5 Å². The van der Waals surface area contributed by atoms with Crippen molar-refractivity contribution in [2.24, 2.45) is 5.73 Å². The number of nitrogens with one attached hydrogen (secondary N) is 1. The normalized spacial score (nSPS) is 11.6. The van der Waals surface area contributed by atoms with Crippen molar-refractivity contribution in [3.63, 3.8) is 0 Å². The number of amides is 2. The van der Waals surface area contributed by atoms with E-state index in [1.54, 1.807) is 0 Å². The number of benzene rings is 2. The Morgan fingerprint density at radius 3 is 2.26 bits per heavy atom. The Balaban J connectivity index is 1.84. The minimum absolute atomic E-state index is 0.173. The monoisotopic (exact) mass is 379 g/mol. The van der Waals surface area contributed by atoms with Gasteiger partial charge in [0, 0.05) is 6.42 Å². The molecule has 0 aliphatic rings. The predicted molar refractivity (Wildman–Crippen MR) is 103 cm³/mol. The smallest absolute Gasteiger partial charge is 0.287 e. The Bertz CT molecular complexity index is 955. The van der Waals surface area contributed by atoms with Crippen LogP contribution in [0.15, 0.2) is 66.9 Å². The molecule has 1 unspecified atom stereocenters. The molecule has 0 spiro atoms. The van der Waals surface area contributed by atoms with Crippen LogP contribution in [0.25, 0.3) is 10.4 Å². The lowest BCUT2D eigenvalue weighted by atomic mass is 10.0. The van der Waals surface area contributed by atoms with Crippen molar-refractivity contribution in [1.82, 2.24) is 9.69 Å². The SMILES string of the molecule is NC(=O)C(=O)C(Cc1ccccc1)NC(=O)c1cnsc1-c1ccccc1. The van der Waals surface area contributed by atoms with Crippen LogP contribution in [0.1, 0.15) is 15.9 Å². The van der Waals surface area contributed by atoms with Crippen LogP contribution in [0.4, 0.5) is 0 Å². The Kier molecular flexibility index (Phi) is 5.73. The average Bonchev–Trinajstić information content (AvgIpc) is 3.18. The maximum Gasteiger partial charge on any atom is 0.287 e. The molecular formula is C20H17N3O3S. The van der Waals surface area contributed by atoms with Crippen molar-refractivity contribution in [2.45, 2.75) is 12.5 Å². The Morgan fingerprint density at radius 2 is 1.63 bits per heavy atom. The second kappa shape index (κ2) is 8.37. The maximum absolute atomic E-state index is 12.8. The molecule has 2 aromatic carbocycles. The van der Waals surface area contributed by atoms with Gasteiger partial charge in [-0.05, 0) is 22.7 Å². The molecule has 0 fully saturated rings. The predicted octanol–water partition coefficient (Wildman–Crippen LogP) is 2.21. The first-order valence-electron chi connectivity index (χ1n) is 8.25. The lowest BCUT2D eigenvalue weighted by Crippen LogP contribution is -2.47.